The van der Waals surface area contributed by atoms with Gasteiger partial charge < -0.3 is 15.4 Å². The van der Waals surface area contributed by atoms with Gasteiger partial charge in [-0.1, -0.05) is 39.0 Å². The van der Waals surface area contributed by atoms with E-state index < -0.39 is 11.7 Å². The van der Waals surface area contributed by atoms with Gasteiger partial charge in [-0.3, -0.25) is 4.79 Å². The van der Waals surface area contributed by atoms with E-state index in [9.17, 15) is 18.0 Å². The summed E-state index contributed by atoms with van der Waals surface area (Å²) in [4.78, 5) is 20.3. The quantitative estimate of drug-likeness (QED) is 0.270. The maximum atomic E-state index is 13.7. The Kier molecular flexibility index (Phi) is 7.90. The van der Waals surface area contributed by atoms with Crippen molar-refractivity contribution in [3.05, 3.63) is 47.0 Å². The molecule has 0 spiro atoms. The number of nitrogens with zero attached hydrogens (tertiary/aromatic N) is 2. The summed E-state index contributed by atoms with van der Waals surface area (Å²) in [5, 5.41) is 7.87. The zero-order valence-corrected chi connectivity index (χ0v) is 20.2. The molecule has 0 atom stereocenters. The van der Waals surface area contributed by atoms with E-state index >= 15 is 0 Å². The van der Waals surface area contributed by atoms with Crippen molar-refractivity contribution in [2.75, 3.05) is 17.2 Å². The zero-order valence-electron chi connectivity index (χ0n) is 19.4. The van der Waals surface area contributed by atoms with Crippen LogP contribution in [0.3, 0.4) is 0 Å². The van der Waals surface area contributed by atoms with Crippen LogP contribution >= 0.6 is 11.3 Å². The number of halogens is 3. The molecule has 0 bridgehead atoms. The molecular formula is C25H27F3N4O2S. The number of unbranched alkanes of at least 4 members (excludes halogenated alkanes) is 5. The molecule has 2 N–H and O–H groups in total. The third-order valence-corrected chi connectivity index (χ3v) is 6.42. The fourth-order valence-corrected chi connectivity index (χ4v) is 4.59. The third-order valence-electron chi connectivity index (χ3n) is 5.67. The molecule has 2 aromatic heterocycles. The van der Waals surface area contributed by atoms with Crippen LogP contribution in [0.1, 0.15) is 56.6 Å². The van der Waals surface area contributed by atoms with Gasteiger partial charge in [-0.25, -0.2) is 9.97 Å². The number of hydrogen-bond acceptors (Lipinski definition) is 6. The van der Waals surface area contributed by atoms with Gasteiger partial charge in [0.2, 0.25) is 5.91 Å². The van der Waals surface area contributed by atoms with Crippen molar-refractivity contribution in [3.8, 4) is 17.0 Å². The Hall–Kier alpha value is -3.14. The second-order valence-corrected chi connectivity index (χ2v) is 9.30. The van der Waals surface area contributed by atoms with Crippen molar-refractivity contribution in [2.24, 2.45) is 0 Å². The number of fused-ring (bicyclic) bond motifs is 1. The van der Waals surface area contributed by atoms with Crippen LogP contribution in [-0.4, -0.2) is 22.5 Å². The monoisotopic (exact) mass is 504 g/mol. The van der Waals surface area contributed by atoms with Gasteiger partial charge in [-0.2, -0.15) is 13.2 Å². The first-order valence-corrected chi connectivity index (χ1v) is 12.6. The predicted octanol–water partition coefficient (Wildman–Crippen LogP) is 7.20. The number of hydrogen-bond donors (Lipinski definition) is 2. The number of ether oxygens (including phenoxy) is 1. The summed E-state index contributed by atoms with van der Waals surface area (Å²) in [6.07, 6.45) is 3.55. The maximum absolute atomic E-state index is 13.7. The third kappa shape index (κ3) is 6.50. The number of pyridine rings is 1. The van der Waals surface area contributed by atoms with E-state index in [0.29, 0.717) is 16.6 Å². The van der Waals surface area contributed by atoms with Crippen LogP contribution in [0, 0.1) is 0 Å². The lowest BCUT2D eigenvalue weighted by molar-refractivity contribution is -0.138. The molecule has 10 heteroatoms. The molecule has 1 aliphatic rings. The molecule has 0 aliphatic carbocycles. The normalized spacial score (nSPS) is 13.0. The number of alkyl halides is 3. The van der Waals surface area contributed by atoms with Crippen LogP contribution in [0.2, 0.25) is 0 Å². The summed E-state index contributed by atoms with van der Waals surface area (Å²) in [6, 6.07) is 5.80. The van der Waals surface area contributed by atoms with Crippen molar-refractivity contribution in [3.63, 3.8) is 0 Å². The van der Waals surface area contributed by atoms with E-state index in [1.165, 1.54) is 23.8 Å². The first-order valence-electron chi connectivity index (χ1n) is 11.7. The van der Waals surface area contributed by atoms with Gasteiger partial charge in [0.15, 0.2) is 5.13 Å². The van der Waals surface area contributed by atoms with Crippen molar-refractivity contribution in [1.29, 1.82) is 0 Å². The van der Waals surface area contributed by atoms with Gasteiger partial charge >= 0.3 is 6.18 Å². The van der Waals surface area contributed by atoms with Crippen LogP contribution in [0.25, 0.3) is 11.3 Å². The van der Waals surface area contributed by atoms with Crippen molar-refractivity contribution in [1.82, 2.24) is 9.97 Å². The summed E-state index contributed by atoms with van der Waals surface area (Å²) in [5.41, 5.74) is 1.61. The van der Waals surface area contributed by atoms with Gasteiger partial charge in [0.05, 0.1) is 24.3 Å². The Labute approximate surface area is 206 Å². The molecule has 0 unspecified atom stereocenters. The molecule has 4 rings (SSSR count). The van der Waals surface area contributed by atoms with Gasteiger partial charge in [-0.05, 0) is 30.7 Å². The lowest BCUT2D eigenvalue weighted by atomic mass is 10.1. The summed E-state index contributed by atoms with van der Waals surface area (Å²) in [7, 11) is 0. The van der Waals surface area contributed by atoms with Crippen LogP contribution in [0.4, 0.5) is 29.8 Å². The molecule has 0 fully saturated rings. The second kappa shape index (κ2) is 11.1. The van der Waals surface area contributed by atoms with Crippen LogP contribution < -0.4 is 15.4 Å². The van der Waals surface area contributed by atoms with Gasteiger partial charge in [-0.15, -0.1) is 11.3 Å². The minimum atomic E-state index is -4.54. The van der Waals surface area contributed by atoms with E-state index in [-0.39, 0.29) is 30.4 Å². The maximum Gasteiger partial charge on any atom is 0.420 e. The largest absolute Gasteiger partial charge is 0.493 e. The Bertz CT molecular complexity index is 1180. The average molecular weight is 505 g/mol. The second-order valence-electron chi connectivity index (χ2n) is 8.44. The molecule has 1 aromatic carbocycles. The summed E-state index contributed by atoms with van der Waals surface area (Å²) < 4.78 is 46.5. The number of carbonyl (C=O) groups excluding carboxylic acids is 1. The smallest absolute Gasteiger partial charge is 0.420 e. The van der Waals surface area contributed by atoms with Crippen LogP contribution in [0.15, 0.2) is 35.8 Å². The zero-order chi connectivity index (χ0) is 24.8. The highest BCUT2D eigenvalue weighted by molar-refractivity contribution is 7.14. The highest BCUT2D eigenvalue weighted by Gasteiger charge is 2.35. The Morgan fingerprint density at radius 1 is 1.14 bits per heavy atom. The van der Waals surface area contributed by atoms with Crippen molar-refractivity contribution in [2.45, 2.75) is 58.0 Å². The lowest BCUT2D eigenvalue weighted by Crippen LogP contribution is -2.10. The number of thiazole rings is 1. The fraction of sp³-hybridized carbons (Fsp3) is 0.400. The Balaban J connectivity index is 1.41. The molecule has 0 saturated heterocycles. The molecule has 3 aromatic rings. The molecule has 1 amide bonds. The van der Waals surface area contributed by atoms with Gasteiger partial charge in [0.1, 0.15) is 11.6 Å². The Morgan fingerprint density at radius 2 is 1.94 bits per heavy atom. The first-order chi connectivity index (χ1) is 16.8. The van der Waals surface area contributed by atoms with Crippen LogP contribution in [0.5, 0.6) is 5.75 Å². The van der Waals surface area contributed by atoms with E-state index in [2.05, 4.69) is 27.5 Å². The molecule has 6 nitrogen and oxygen atoms in total. The molecule has 186 valence electrons. The van der Waals surface area contributed by atoms with E-state index in [1.54, 1.807) is 17.6 Å². The van der Waals surface area contributed by atoms with Crippen LogP contribution in [-0.2, 0) is 17.4 Å². The SMILES string of the molecule is CCCCCCCCOc1ccc(Nc2nc(-c3cnc4c(c3)CC(=O)N4)cs2)cc1C(F)(F)F. The summed E-state index contributed by atoms with van der Waals surface area (Å²) in [6.45, 7) is 2.40. The van der Waals surface area contributed by atoms with Crippen molar-refractivity contribution < 1.29 is 22.7 Å². The lowest BCUT2D eigenvalue weighted by Gasteiger charge is -2.15. The van der Waals surface area contributed by atoms with Gasteiger partial charge in [0.25, 0.3) is 0 Å². The molecule has 3 heterocycles. The molecule has 0 saturated carbocycles. The minimum Gasteiger partial charge on any atom is -0.493 e. The number of rotatable bonds is 11. The number of benzene rings is 1. The number of carbonyl (C=O) groups is 1. The van der Waals surface area contributed by atoms with Crippen molar-refractivity contribution >= 4 is 33.9 Å². The van der Waals surface area contributed by atoms with E-state index in [1.807, 2.05) is 6.07 Å². The first kappa shape index (κ1) is 25.0. The minimum absolute atomic E-state index is 0.106. The standard InChI is InChI=1S/C25H27F3N4O2S/c1-2-3-4-5-6-7-10-34-21-9-8-18(13-19(21)25(26,27)28)30-24-31-20(15-35-24)17-11-16-12-22(33)32-23(16)29-14-17/h8-9,11,13-15H,2-7,10,12H2,1H3,(H,30,31)(H,29,32,33). The summed E-state index contributed by atoms with van der Waals surface area (Å²) in [5.74, 6) is 0.278. The number of nitrogens with one attached hydrogen (secondary N) is 2. The topological polar surface area (TPSA) is 76.1 Å². The van der Waals surface area contributed by atoms with Gasteiger partial charge in [0, 0.05) is 28.4 Å². The summed E-state index contributed by atoms with van der Waals surface area (Å²) >= 11 is 1.27. The number of aromatic nitrogens is 2. The Morgan fingerprint density at radius 3 is 2.74 bits per heavy atom. The molecule has 35 heavy (non-hydrogen) atoms. The number of anilines is 3. The molecular weight excluding hydrogens is 477 g/mol. The highest BCUT2D eigenvalue weighted by atomic mass is 32.1. The average Bonchev–Trinajstić information content (AvgIpc) is 3.43. The predicted molar refractivity (Wildman–Crippen MR) is 131 cm³/mol. The fourth-order valence-electron chi connectivity index (χ4n) is 3.85. The highest BCUT2D eigenvalue weighted by Crippen LogP contribution is 2.39. The molecule has 0 radical (unpaired) electrons. The number of amides is 1. The molecule has 1 aliphatic heterocycles. The van der Waals surface area contributed by atoms with E-state index in [4.69, 9.17) is 4.74 Å². The van der Waals surface area contributed by atoms with E-state index in [0.717, 1.165) is 49.3 Å².